The molecule has 1 heterocycles. The Morgan fingerprint density at radius 3 is 2.44 bits per heavy atom. The number of hydrogen-bond acceptors (Lipinski definition) is 5. The number of thiocarbonyl (C=S) groups is 1. The van der Waals surface area contributed by atoms with E-state index < -0.39 is 0 Å². The summed E-state index contributed by atoms with van der Waals surface area (Å²) < 4.78 is 16.6. The molecule has 168 valence electrons. The third kappa shape index (κ3) is 4.88. The summed E-state index contributed by atoms with van der Waals surface area (Å²) in [5.74, 6) is 2.19. The molecule has 0 unspecified atom stereocenters. The van der Waals surface area contributed by atoms with Crippen LogP contribution in [-0.2, 0) is 11.4 Å². The molecule has 1 saturated carbocycles. The molecule has 4 rings (SSSR count). The Hall–Kier alpha value is -3.06. The molecular formula is C25H28N2O4S. The normalized spacial score (nSPS) is 18.1. The first-order chi connectivity index (χ1) is 15.6. The Morgan fingerprint density at radius 2 is 1.75 bits per heavy atom. The van der Waals surface area contributed by atoms with Gasteiger partial charge in [-0.15, -0.1) is 0 Å². The Morgan fingerprint density at radius 1 is 1.03 bits per heavy atom. The summed E-state index contributed by atoms with van der Waals surface area (Å²) in [6.07, 6.45) is 7.38. The zero-order valence-electron chi connectivity index (χ0n) is 18.4. The monoisotopic (exact) mass is 452 g/mol. The molecule has 1 saturated heterocycles. The van der Waals surface area contributed by atoms with E-state index in [0.717, 1.165) is 54.1 Å². The van der Waals surface area contributed by atoms with E-state index in [4.69, 9.17) is 26.4 Å². The van der Waals surface area contributed by atoms with Gasteiger partial charge in [-0.05, 0) is 73.1 Å². The fourth-order valence-corrected chi connectivity index (χ4v) is 4.56. The summed E-state index contributed by atoms with van der Waals surface area (Å²) in [5, 5.41) is 3.62. The molecule has 0 aromatic heterocycles. The number of hydrogen-bond donors (Lipinski definition) is 1. The fourth-order valence-electron chi connectivity index (χ4n) is 4.22. The number of benzene rings is 2. The molecule has 2 aliphatic rings. The predicted molar refractivity (Wildman–Crippen MR) is 128 cm³/mol. The molecule has 0 atom stereocenters. The average molecular weight is 453 g/mol. The molecule has 1 aliphatic heterocycles. The van der Waals surface area contributed by atoms with E-state index in [1.807, 2.05) is 48.5 Å². The van der Waals surface area contributed by atoms with Crippen LogP contribution in [0.25, 0.3) is 6.08 Å². The summed E-state index contributed by atoms with van der Waals surface area (Å²) >= 11 is 5.47. The van der Waals surface area contributed by atoms with Crippen LogP contribution in [0, 0.1) is 0 Å². The molecule has 1 aliphatic carbocycles. The van der Waals surface area contributed by atoms with Crippen LogP contribution < -0.4 is 19.5 Å². The highest BCUT2D eigenvalue weighted by atomic mass is 32.1. The van der Waals surface area contributed by atoms with Crippen LogP contribution in [0.5, 0.6) is 17.2 Å². The van der Waals surface area contributed by atoms with Crippen LogP contribution in [0.15, 0.2) is 48.2 Å². The van der Waals surface area contributed by atoms with E-state index in [9.17, 15) is 4.79 Å². The minimum Gasteiger partial charge on any atom is -0.497 e. The number of rotatable bonds is 7. The van der Waals surface area contributed by atoms with Crippen molar-refractivity contribution in [2.24, 2.45) is 0 Å². The van der Waals surface area contributed by atoms with Crippen molar-refractivity contribution in [1.82, 2.24) is 10.2 Å². The van der Waals surface area contributed by atoms with Gasteiger partial charge < -0.3 is 19.5 Å². The standard InChI is InChI=1S/C25H28N2O4S/c1-29-20-9-11-21(12-10-20)31-16-18-14-17(8-13-23(18)30-2)15-22-24(28)27(25(32)26-22)19-6-4-3-5-7-19/h8-15,19H,3-7,16H2,1-2H3,(H,26,32)/b22-15+. The molecule has 2 aromatic rings. The Bertz CT molecular complexity index is 1010. The van der Waals surface area contributed by atoms with E-state index in [1.54, 1.807) is 19.1 Å². The summed E-state index contributed by atoms with van der Waals surface area (Å²) in [4.78, 5) is 14.8. The molecule has 7 heteroatoms. The van der Waals surface area contributed by atoms with Crippen molar-refractivity contribution in [3.8, 4) is 17.2 Å². The lowest BCUT2D eigenvalue weighted by Crippen LogP contribution is -2.41. The molecule has 32 heavy (non-hydrogen) atoms. The van der Waals surface area contributed by atoms with Gasteiger partial charge in [0.15, 0.2) is 5.11 Å². The lowest BCUT2D eigenvalue weighted by atomic mass is 9.94. The minimum atomic E-state index is -0.0475. The second kappa shape index (κ2) is 10.0. The Balaban J connectivity index is 1.50. The minimum absolute atomic E-state index is 0.0475. The quantitative estimate of drug-likeness (QED) is 0.487. The van der Waals surface area contributed by atoms with E-state index >= 15 is 0 Å². The van der Waals surface area contributed by atoms with Gasteiger partial charge >= 0.3 is 0 Å². The molecule has 6 nitrogen and oxygen atoms in total. The maximum atomic E-state index is 13.0. The fraction of sp³-hybridized carbons (Fsp3) is 0.360. The number of amides is 1. The van der Waals surface area contributed by atoms with Gasteiger partial charge in [-0.25, -0.2) is 0 Å². The van der Waals surface area contributed by atoms with Crippen LogP contribution in [0.4, 0.5) is 0 Å². The van der Waals surface area contributed by atoms with Crippen LogP contribution in [0.1, 0.15) is 43.2 Å². The van der Waals surface area contributed by atoms with Crippen molar-refractivity contribution in [3.05, 3.63) is 59.3 Å². The maximum Gasteiger partial charge on any atom is 0.276 e. The molecule has 1 amide bonds. The average Bonchev–Trinajstić information content (AvgIpc) is 3.11. The molecule has 0 radical (unpaired) electrons. The van der Waals surface area contributed by atoms with Gasteiger partial charge in [-0.3, -0.25) is 9.69 Å². The van der Waals surface area contributed by atoms with Gasteiger partial charge in [0.2, 0.25) is 0 Å². The highest BCUT2D eigenvalue weighted by Crippen LogP contribution is 2.28. The maximum absolute atomic E-state index is 13.0. The highest BCUT2D eigenvalue weighted by molar-refractivity contribution is 7.80. The van der Waals surface area contributed by atoms with Crippen LogP contribution >= 0.6 is 12.2 Å². The van der Waals surface area contributed by atoms with Crippen LogP contribution in [0.2, 0.25) is 0 Å². The summed E-state index contributed by atoms with van der Waals surface area (Å²) in [6, 6.07) is 13.4. The lowest BCUT2D eigenvalue weighted by molar-refractivity contribution is -0.124. The van der Waals surface area contributed by atoms with E-state index in [-0.39, 0.29) is 11.9 Å². The molecule has 0 bridgehead atoms. The zero-order valence-corrected chi connectivity index (χ0v) is 19.2. The third-order valence-electron chi connectivity index (χ3n) is 5.92. The summed E-state index contributed by atoms with van der Waals surface area (Å²) in [7, 11) is 3.26. The molecule has 2 aromatic carbocycles. The summed E-state index contributed by atoms with van der Waals surface area (Å²) in [5.41, 5.74) is 2.27. The first-order valence-electron chi connectivity index (χ1n) is 10.9. The molecular weight excluding hydrogens is 424 g/mol. The number of carbonyl (C=O) groups excluding carboxylic acids is 1. The Kier molecular flexibility index (Phi) is 6.95. The number of ether oxygens (including phenoxy) is 3. The second-order valence-corrected chi connectivity index (χ2v) is 8.38. The first-order valence-corrected chi connectivity index (χ1v) is 11.3. The van der Waals surface area contributed by atoms with Gasteiger partial charge in [0.1, 0.15) is 29.6 Å². The molecule has 2 fully saturated rings. The van der Waals surface area contributed by atoms with Gasteiger partial charge in [0.25, 0.3) is 5.91 Å². The van der Waals surface area contributed by atoms with Gasteiger partial charge in [-0.1, -0.05) is 25.3 Å². The van der Waals surface area contributed by atoms with Gasteiger partial charge in [0.05, 0.1) is 14.2 Å². The zero-order chi connectivity index (χ0) is 22.5. The van der Waals surface area contributed by atoms with Crippen molar-refractivity contribution >= 4 is 29.3 Å². The van der Waals surface area contributed by atoms with Crippen molar-refractivity contribution < 1.29 is 19.0 Å². The molecule has 1 N–H and O–H groups in total. The number of nitrogens with zero attached hydrogens (tertiary/aromatic N) is 1. The lowest BCUT2D eigenvalue weighted by Gasteiger charge is -2.29. The van der Waals surface area contributed by atoms with Gasteiger partial charge in [0, 0.05) is 11.6 Å². The SMILES string of the molecule is COc1ccc(OCc2cc(/C=C3/NC(=S)N(C4CCCCC4)C3=O)ccc2OC)cc1. The van der Waals surface area contributed by atoms with Gasteiger partial charge in [-0.2, -0.15) is 0 Å². The smallest absolute Gasteiger partial charge is 0.276 e. The summed E-state index contributed by atoms with van der Waals surface area (Å²) in [6.45, 7) is 0.334. The van der Waals surface area contributed by atoms with Crippen LogP contribution in [-0.4, -0.2) is 36.2 Å². The second-order valence-electron chi connectivity index (χ2n) is 7.99. The Labute approximate surface area is 194 Å². The van der Waals surface area contributed by atoms with Crippen LogP contribution in [0.3, 0.4) is 0 Å². The number of carbonyl (C=O) groups is 1. The predicted octanol–water partition coefficient (Wildman–Crippen LogP) is 4.67. The molecule has 0 spiro atoms. The first kappa shape index (κ1) is 22.1. The highest BCUT2D eigenvalue weighted by Gasteiger charge is 2.36. The van der Waals surface area contributed by atoms with Crippen molar-refractivity contribution in [3.63, 3.8) is 0 Å². The van der Waals surface area contributed by atoms with E-state index in [1.165, 1.54) is 6.42 Å². The topological polar surface area (TPSA) is 60.0 Å². The largest absolute Gasteiger partial charge is 0.497 e. The van der Waals surface area contributed by atoms with Crippen molar-refractivity contribution in [1.29, 1.82) is 0 Å². The third-order valence-corrected chi connectivity index (χ3v) is 6.22. The van der Waals surface area contributed by atoms with E-state index in [0.29, 0.717) is 17.4 Å². The van der Waals surface area contributed by atoms with E-state index in [2.05, 4.69) is 5.32 Å². The number of nitrogens with one attached hydrogen (secondary N) is 1. The van der Waals surface area contributed by atoms with Crippen molar-refractivity contribution in [2.75, 3.05) is 14.2 Å². The number of methoxy groups -OCH3 is 2. The van der Waals surface area contributed by atoms with Crippen molar-refractivity contribution in [2.45, 2.75) is 44.8 Å².